The van der Waals surface area contributed by atoms with Gasteiger partial charge < -0.3 is 9.84 Å². The third-order valence-corrected chi connectivity index (χ3v) is 2.54. The summed E-state index contributed by atoms with van der Waals surface area (Å²) in [5.41, 5.74) is 0. The van der Waals surface area contributed by atoms with Gasteiger partial charge in [-0.2, -0.15) is 13.1 Å². The molecule has 17 heavy (non-hydrogen) atoms. The van der Waals surface area contributed by atoms with Crippen molar-refractivity contribution < 1.29 is 27.9 Å². The summed E-state index contributed by atoms with van der Waals surface area (Å²) in [5.74, 6) is -2.04. The molecule has 0 aliphatic carbocycles. The van der Waals surface area contributed by atoms with Crippen LogP contribution in [0, 0.1) is 5.92 Å². The molecule has 8 nitrogen and oxygen atoms in total. The topological polar surface area (TPSA) is 122 Å². The predicted octanol–water partition coefficient (Wildman–Crippen LogP) is -0.324. The molecule has 0 aliphatic heterocycles. The Bertz CT molecular complexity index is 377. The van der Waals surface area contributed by atoms with Gasteiger partial charge in [-0.05, 0) is 13.8 Å². The average molecular weight is 268 g/mol. The summed E-state index contributed by atoms with van der Waals surface area (Å²) in [6.45, 7) is 4.13. The van der Waals surface area contributed by atoms with E-state index in [2.05, 4.69) is 4.74 Å². The van der Waals surface area contributed by atoms with E-state index in [9.17, 15) is 18.0 Å². The van der Waals surface area contributed by atoms with Gasteiger partial charge in [-0.1, -0.05) is 6.92 Å². The number of carboxylic acids is 1. The predicted molar refractivity (Wildman–Crippen MR) is 58.5 cm³/mol. The maximum absolute atomic E-state index is 11.2. The fourth-order valence-electron chi connectivity index (χ4n) is 0.706. The van der Waals surface area contributed by atoms with E-state index in [1.807, 2.05) is 4.72 Å². The van der Waals surface area contributed by atoms with Gasteiger partial charge in [-0.25, -0.2) is 9.52 Å². The fourth-order valence-corrected chi connectivity index (χ4v) is 1.52. The summed E-state index contributed by atoms with van der Waals surface area (Å²) in [5, 5.41) is 8.53. The Balaban J connectivity index is 4.22. The normalized spacial score (nSPS) is 13.2. The van der Waals surface area contributed by atoms with Crippen LogP contribution in [0.2, 0.25) is 0 Å². The summed E-state index contributed by atoms with van der Waals surface area (Å²) in [4.78, 5) is 21.4. The third-order valence-electron chi connectivity index (χ3n) is 1.56. The summed E-state index contributed by atoms with van der Waals surface area (Å²) in [7, 11) is -4.09. The van der Waals surface area contributed by atoms with Gasteiger partial charge in [0.15, 0.2) is 0 Å². The summed E-state index contributed by atoms with van der Waals surface area (Å²) in [6, 6.07) is 0. The molecule has 0 spiro atoms. The number of nitrogens with one attached hydrogen (secondary N) is 2. The van der Waals surface area contributed by atoms with Crippen molar-refractivity contribution in [2.24, 2.45) is 5.92 Å². The van der Waals surface area contributed by atoms with Crippen molar-refractivity contribution >= 4 is 22.3 Å². The Hall–Kier alpha value is -1.35. The van der Waals surface area contributed by atoms with Crippen LogP contribution in [0.3, 0.4) is 0 Å². The SMILES string of the molecule is CC(C)OC(=O)NS(=O)(=O)NCC(C)C(=O)O. The molecule has 3 N–H and O–H groups in total. The molecule has 0 heterocycles. The van der Waals surface area contributed by atoms with Crippen LogP contribution in [0.15, 0.2) is 0 Å². The molecule has 9 heteroatoms. The maximum atomic E-state index is 11.2. The summed E-state index contributed by atoms with van der Waals surface area (Å²) in [6.07, 6.45) is -1.57. The van der Waals surface area contributed by atoms with Gasteiger partial charge in [0.25, 0.3) is 0 Å². The molecule has 0 radical (unpaired) electrons. The molecule has 0 aromatic rings. The molecular weight excluding hydrogens is 252 g/mol. The second-order valence-corrected chi connectivity index (χ2v) is 5.15. The zero-order valence-corrected chi connectivity index (χ0v) is 10.6. The first kappa shape index (κ1) is 15.7. The first-order chi connectivity index (χ1) is 7.64. The summed E-state index contributed by atoms with van der Waals surface area (Å²) < 4.78 is 30.5. The van der Waals surface area contributed by atoms with Crippen molar-refractivity contribution in [1.29, 1.82) is 0 Å². The molecule has 0 rings (SSSR count). The number of hydrogen-bond acceptors (Lipinski definition) is 5. The lowest BCUT2D eigenvalue weighted by Gasteiger charge is -2.11. The van der Waals surface area contributed by atoms with Gasteiger partial charge in [0.1, 0.15) is 0 Å². The average Bonchev–Trinajstić information content (AvgIpc) is 2.11. The van der Waals surface area contributed by atoms with Gasteiger partial charge >= 0.3 is 22.3 Å². The minimum absolute atomic E-state index is 0.320. The quantitative estimate of drug-likeness (QED) is 0.606. The molecule has 100 valence electrons. The fraction of sp³-hybridized carbons (Fsp3) is 0.750. The van der Waals surface area contributed by atoms with Crippen molar-refractivity contribution in [3.05, 3.63) is 0 Å². The highest BCUT2D eigenvalue weighted by molar-refractivity contribution is 7.88. The van der Waals surface area contributed by atoms with Crippen molar-refractivity contribution in [2.45, 2.75) is 26.9 Å². The van der Waals surface area contributed by atoms with Gasteiger partial charge in [0.05, 0.1) is 12.0 Å². The minimum Gasteiger partial charge on any atom is -0.481 e. The van der Waals surface area contributed by atoms with E-state index in [1.165, 1.54) is 6.92 Å². The van der Waals surface area contributed by atoms with Crippen LogP contribution in [-0.4, -0.2) is 38.2 Å². The highest BCUT2D eigenvalue weighted by Gasteiger charge is 2.19. The van der Waals surface area contributed by atoms with Crippen molar-refractivity contribution in [2.75, 3.05) is 6.54 Å². The van der Waals surface area contributed by atoms with E-state index in [4.69, 9.17) is 5.11 Å². The monoisotopic (exact) mass is 268 g/mol. The Morgan fingerprint density at radius 3 is 2.24 bits per heavy atom. The highest BCUT2D eigenvalue weighted by atomic mass is 32.2. The van der Waals surface area contributed by atoms with Crippen LogP contribution in [0.4, 0.5) is 4.79 Å². The molecule has 1 unspecified atom stereocenters. The van der Waals surface area contributed by atoms with Crippen LogP contribution >= 0.6 is 0 Å². The Morgan fingerprint density at radius 2 is 1.82 bits per heavy atom. The zero-order chi connectivity index (χ0) is 13.6. The van der Waals surface area contributed by atoms with E-state index in [0.717, 1.165) is 0 Å². The first-order valence-corrected chi connectivity index (χ1v) is 6.33. The number of ether oxygens (including phenoxy) is 1. The standard InChI is InChI=1S/C8H16N2O6S/c1-5(2)16-8(13)10-17(14,15)9-4-6(3)7(11)12/h5-6,9H,4H2,1-3H3,(H,10,13)(H,11,12). The molecule has 0 aromatic carbocycles. The van der Waals surface area contributed by atoms with Crippen LogP contribution < -0.4 is 9.44 Å². The number of rotatable bonds is 6. The molecular formula is C8H16N2O6S. The molecule has 0 saturated carbocycles. The second kappa shape index (κ2) is 6.40. The number of carboxylic acid groups (broad SMARTS) is 1. The molecule has 0 aliphatic rings. The summed E-state index contributed by atoms with van der Waals surface area (Å²) >= 11 is 0. The molecule has 0 fully saturated rings. The third kappa shape index (κ3) is 7.53. The number of amides is 1. The van der Waals surface area contributed by atoms with E-state index in [-0.39, 0.29) is 6.54 Å². The van der Waals surface area contributed by atoms with E-state index in [0.29, 0.717) is 0 Å². The van der Waals surface area contributed by atoms with Gasteiger partial charge in [-0.3, -0.25) is 4.79 Å². The number of carbonyl (C=O) groups is 2. The van der Waals surface area contributed by atoms with E-state index < -0.39 is 34.3 Å². The van der Waals surface area contributed by atoms with Crippen LogP contribution in [0.1, 0.15) is 20.8 Å². The lowest BCUT2D eigenvalue weighted by molar-refractivity contribution is -0.140. The lowest BCUT2D eigenvalue weighted by Crippen LogP contribution is -2.43. The largest absolute Gasteiger partial charge is 0.481 e. The van der Waals surface area contributed by atoms with E-state index in [1.54, 1.807) is 18.6 Å². The van der Waals surface area contributed by atoms with Crippen LogP contribution in [0.25, 0.3) is 0 Å². The Labute approximate surface area is 99.5 Å². The maximum Gasteiger partial charge on any atom is 0.422 e. The highest BCUT2D eigenvalue weighted by Crippen LogP contribution is 1.94. The first-order valence-electron chi connectivity index (χ1n) is 4.85. The van der Waals surface area contributed by atoms with Crippen molar-refractivity contribution in [3.8, 4) is 0 Å². The van der Waals surface area contributed by atoms with Crippen LogP contribution in [0.5, 0.6) is 0 Å². The van der Waals surface area contributed by atoms with Crippen molar-refractivity contribution in [3.63, 3.8) is 0 Å². The Morgan fingerprint density at radius 1 is 1.29 bits per heavy atom. The van der Waals surface area contributed by atoms with Gasteiger partial charge in [-0.15, -0.1) is 0 Å². The molecule has 0 aromatic heterocycles. The second-order valence-electron chi connectivity index (χ2n) is 3.65. The zero-order valence-electron chi connectivity index (χ0n) is 9.76. The molecule has 0 bridgehead atoms. The Kier molecular flexibility index (Phi) is 5.89. The van der Waals surface area contributed by atoms with Crippen molar-refractivity contribution in [1.82, 2.24) is 9.44 Å². The number of carbonyl (C=O) groups excluding carboxylic acids is 1. The lowest BCUT2D eigenvalue weighted by atomic mass is 10.2. The van der Waals surface area contributed by atoms with Crippen LogP contribution in [-0.2, 0) is 19.7 Å². The molecule has 1 amide bonds. The molecule has 1 atom stereocenters. The number of hydrogen-bond donors (Lipinski definition) is 3. The van der Waals surface area contributed by atoms with E-state index >= 15 is 0 Å². The van der Waals surface area contributed by atoms with Gasteiger partial charge in [0.2, 0.25) is 0 Å². The molecule has 0 saturated heterocycles. The number of aliphatic carboxylic acids is 1. The van der Waals surface area contributed by atoms with Gasteiger partial charge in [0, 0.05) is 6.54 Å². The smallest absolute Gasteiger partial charge is 0.422 e. The minimum atomic E-state index is -4.09.